The van der Waals surface area contributed by atoms with E-state index in [4.69, 9.17) is 4.74 Å². The first kappa shape index (κ1) is 20.1. The van der Waals surface area contributed by atoms with E-state index in [0.717, 1.165) is 18.2 Å². The van der Waals surface area contributed by atoms with Gasteiger partial charge < -0.3 is 15.3 Å². The molecule has 2 heterocycles. The van der Waals surface area contributed by atoms with E-state index in [1.807, 2.05) is 12.1 Å². The summed E-state index contributed by atoms with van der Waals surface area (Å²) < 4.78 is 6.46. The Hall–Kier alpha value is -2.60. The van der Waals surface area contributed by atoms with Crippen molar-refractivity contribution in [1.82, 2.24) is 10.2 Å². The summed E-state index contributed by atoms with van der Waals surface area (Å²) in [6.07, 6.45) is 5.92. The molecule has 0 bridgehead atoms. The van der Waals surface area contributed by atoms with E-state index in [2.05, 4.69) is 29.3 Å². The van der Waals surface area contributed by atoms with Crippen molar-refractivity contribution >= 4 is 5.91 Å². The van der Waals surface area contributed by atoms with E-state index in [9.17, 15) is 10.0 Å². The number of hydrogen-bond acceptors (Lipinski definition) is 4. The van der Waals surface area contributed by atoms with Crippen LogP contribution in [0.4, 0.5) is 0 Å². The van der Waals surface area contributed by atoms with Gasteiger partial charge in [-0.2, -0.15) is 4.73 Å². The first-order chi connectivity index (χ1) is 13.6. The molecule has 1 N–H and O–H groups in total. The Labute approximate surface area is 166 Å². The van der Waals surface area contributed by atoms with Crippen molar-refractivity contribution in [2.45, 2.75) is 32.7 Å². The van der Waals surface area contributed by atoms with Crippen LogP contribution in [0.15, 0.2) is 48.8 Å². The summed E-state index contributed by atoms with van der Waals surface area (Å²) in [4.78, 5) is 14.5. The van der Waals surface area contributed by atoms with Gasteiger partial charge in [-0.05, 0) is 55.5 Å². The van der Waals surface area contributed by atoms with Gasteiger partial charge in [-0.15, -0.1) is 0 Å². The van der Waals surface area contributed by atoms with Gasteiger partial charge in [0.25, 0.3) is 5.91 Å². The maximum atomic E-state index is 12.0. The van der Waals surface area contributed by atoms with Gasteiger partial charge in [0.15, 0.2) is 12.4 Å². The van der Waals surface area contributed by atoms with Crippen LogP contribution in [0.3, 0.4) is 0 Å². The number of rotatable bonds is 8. The largest absolute Gasteiger partial charge is 0.619 e. The summed E-state index contributed by atoms with van der Waals surface area (Å²) in [5.74, 6) is 1.39. The third kappa shape index (κ3) is 6.23. The van der Waals surface area contributed by atoms with Crippen LogP contribution in [0.2, 0.25) is 0 Å². The average molecular weight is 383 g/mol. The second-order valence-electron chi connectivity index (χ2n) is 7.54. The maximum Gasteiger partial charge on any atom is 0.257 e. The lowest BCUT2D eigenvalue weighted by molar-refractivity contribution is -0.605. The van der Waals surface area contributed by atoms with Crippen molar-refractivity contribution in [3.05, 3.63) is 65.1 Å². The normalized spacial score (nSPS) is 17.2. The Morgan fingerprint density at radius 3 is 3.07 bits per heavy atom. The van der Waals surface area contributed by atoms with Crippen molar-refractivity contribution < 1.29 is 14.3 Å². The molecule has 1 amide bonds. The molecule has 1 aliphatic heterocycles. The number of piperidine rings is 1. The molecule has 1 aliphatic rings. The molecule has 0 aliphatic carbocycles. The topological polar surface area (TPSA) is 68.5 Å². The lowest BCUT2D eigenvalue weighted by Gasteiger charge is -2.30. The van der Waals surface area contributed by atoms with Gasteiger partial charge in [0.2, 0.25) is 0 Å². The van der Waals surface area contributed by atoms with Gasteiger partial charge in [0, 0.05) is 25.7 Å². The molecule has 2 aromatic rings. The summed E-state index contributed by atoms with van der Waals surface area (Å²) in [6, 6.07) is 11.4. The lowest BCUT2D eigenvalue weighted by atomic mass is 10.00. The minimum atomic E-state index is -0.247. The third-order valence-electron chi connectivity index (χ3n) is 4.96. The Morgan fingerprint density at radius 2 is 2.25 bits per heavy atom. The number of ether oxygens (including phenoxy) is 1. The summed E-state index contributed by atoms with van der Waals surface area (Å²) in [7, 11) is 0. The fourth-order valence-electron chi connectivity index (χ4n) is 3.58. The number of pyridine rings is 1. The smallest absolute Gasteiger partial charge is 0.257 e. The molecule has 0 spiro atoms. The Morgan fingerprint density at radius 1 is 1.36 bits per heavy atom. The highest BCUT2D eigenvalue weighted by atomic mass is 16.5. The Bertz CT molecular complexity index is 781. The molecule has 1 aromatic heterocycles. The van der Waals surface area contributed by atoms with Crippen LogP contribution in [-0.2, 0) is 6.54 Å². The summed E-state index contributed by atoms with van der Waals surface area (Å²) >= 11 is 0. The van der Waals surface area contributed by atoms with Gasteiger partial charge in [-0.3, -0.25) is 9.69 Å². The SMILES string of the molecule is CC1CCCN(Cc2cccc(OCCCNC(=O)c3ccc[n+]([O-])c3)c2)C1. The van der Waals surface area contributed by atoms with Crippen molar-refractivity contribution in [1.29, 1.82) is 0 Å². The first-order valence-electron chi connectivity index (χ1n) is 10.0. The molecule has 6 nitrogen and oxygen atoms in total. The number of benzene rings is 1. The molecule has 1 unspecified atom stereocenters. The molecular formula is C22H29N3O3. The molecule has 1 saturated heterocycles. The molecule has 1 atom stereocenters. The predicted molar refractivity (Wildman–Crippen MR) is 108 cm³/mol. The fraction of sp³-hybridized carbons (Fsp3) is 0.455. The number of likely N-dealkylation sites (tertiary alicyclic amines) is 1. The standard InChI is InChI=1S/C22H29N3O3/c1-18-6-3-11-24(15-18)16-19-7-2-9-21(14-19)28-13-5-10-23-22(26)20-8-4-12-25(27)17-20/h2,4,7-9,12,14,17-18H,3,5-6,10-11,13,15-16H2,1H3,(H,23,26). The molecule has 0 saturated carbocycles. The van der Waals surface area contributed by atoms with E-state index in [1.54, 1.807) is 12.1 Å². The van der Waals surface area contributed by atoms with Crippen LogP contribution in [0, 0.1) is 11.1 Å². The fourth-order valence-corrected chi connectivity index (χ4v) is 3.58. The molecular weight excluding hydrogens is 354 g/mol. The number of nitrogens with zero attached hydrogens (tertiary/aromatic N) is 2. The summed E-state index contributed by atoms with van der Waals surface area (Å²) in [5.41, 5.74) is 1.63. The molecule has 150 valence electrons. The monoisotopic (exact) mass is 383 g/mol. The van der Waals surface area contributed by atoms with Crippen LogP contribution in [0.1, 0.15) is 42.1 Å². The average Bonchev–Trinajstić information content (AvgIpc) is 2.68. The van der Waals surface area contributed by atoms with E-state index >= 15 is 0 Å². The molecule has 0 radical (unpaired) electrons. The molecule has 1 aromatic carbocycles. The van der Waals surface area contributed by atoms with Crippen molar-refractivity contribution in [3.63, 3.8) is 0 Å². The predicted octanol–water partition coefficient (Wildman–Crippen LogP) is 2.75. The molecule has 3 rings (SSSR count). The highest BCUT2D eigenvalue weighted by Gasteiger charge is 2.16. The van der Waals surface area contributed by atoms with Crippen LogP contribution in [-0.4, -0.2) is 37.0 Å². The third-order valence-corrected chi connectivity index (χ3v) is 4.96. The zero-order valence-corrected chi connectivity index (χ0v) is 16.5. The zero-order valence-electron chi connectivity index (χ0n) is 16.5. The minimum Gasteiger partial charge on any atom is -0.619 e. The molecule has 6 heteroatoms. The van der Waals surface area contributed by atoms with Crippen molar-refractivity contribution in [3.8, 4) is 5.75 Å². The van der Waals surface area contributed by atoms with Crippen LogP contribution < -0.4 is 14.8 Å². The van der Waals surface area contributed by atoms with Crippen LogP contribution in [0.5, 0.6) is 5.75 Å². The number of carbonyl (C=O) groups excluding carboxylic acids is 1. The number of carbonyl (C=O) groups is 1. The second-order valence-corrected chi connectivity index (χ2v) is 7.54. The van der Waals surface area contributed by atoms with Gasteiger partial charge in [0.05, 0.1) is 6.61 Å². The first-order valence-corrected chi connectivity index (χ1v) is 10.0. The maximum absolute atomic E-state index is 12.0. The summed E-state index contributed by atoms with van der Waals surface area (Å²) in [6.45, 7) is 6.65. The van der Waals surface area contributed by atoms with Crippen LogP contribution >= 0.6 is 0 Å². The van der Waals surface area contributed by atoms with Gasteiger partial charge in [0.1, 0.15) is 11.3 Å². The highest BCUT2D eigenvalue weighted by Crippen LogP contribution is 2.20. The number of aromatic nitrogens is 1. The second kappa shape index (κ2) is 10.1. The van der Waals surface area contributed by atoms with Gasteiger partial charge >= 0.3 is 0 Å². The zero-order chi connectivity index (χ0) is 19.8. The van der Waals surface area contributed by atoms with E-state index < -0.39 is 0 Å². The summed E-state index contributed by atoms with van der Waals surface area (Å²) in [5, 5.41) is 14.0. The van der Waals surface area contributed by atoms with E-state index in [0.29, 0.717) is 29.9 Å². The molecule has 28 heavy (non-hydrogen) atoms. The van der Waals surface area contributed by atoms with Crippen molar-refractivity contribution in [2.24, 2.45) is 5.92 Å². The van der Waals surface area contributed by atoms with E-state index in [1.165, 1.54) is 43.9 Å². The molecule has 1 fully saturated rings. The number of nitrogens with one attached hydrogen (secondary N) is 1. The number of hydrogen-bond donors (Lipinski definition) is 1. The van der Waals surface area contributed by atoms with E-state index in [-0.39, 0.29) is 5.91 Å². The Balaban J connectivity index is 1.38. The quantitative estimate of drug-likeness (QED) is 0.432. The van der Waals surface area contributed by atoms with Gasteiger partial charge in [-0.25, -0.2) is 0 Å². The lowest BCUT2D eigenvalue weighted by Crippen LogP contribution is -2.33. The van der Waals surface area contributed by atoms with Crippen molar-refractivity contribution in [2.75, 3.05) is 26.2 Å². The highest BCUT2D eigenvalue weighted by molar-refractivity contribution is 5.93. The Kier molecular flexibility index (Phi) is 7.25. The minimum absolute atomic E-state index is 0.247. The van der Waals surface area contributed by atoms with Gasteiger partial charge in [-0.1, -0.05) is 19.1 Å². The van der Waals surface area contributed by atoms with Crippen LogP contribution in [0.25, 0.3) is 0 Å². The number of amides is 1.